The number of nitrogens with two attached hydrogens (primary N) is 7. The Morgan fingerprint density at radius 3 is 1.06 bits per heavy atom. The predicted octanol–water partition coefficient (Wildman–Crippen LogP) is -2.07. The largest absolute Gasteiger partial charge is 0.329 e. The van der Waals surface area contributed by atoms with Gasteiger partial charge in [0.05, 0.1) is 0 Å². The van der Waals surface area contributed by atoms with Gasteiger partial charge in [0.1, 0.15) is 0 Å². The minimum Gasteiger partial charge on any atom is -0.329 e. The molecule has 0 aliphatic rings. The van der Waals surface area contributed by atoms with Crippen molar-refractivity contribution in [1.82, 2.24) is 5.12 Å². The maximum atomic E-state index is 5.52. The number of rotatable bonds is 4. The van der Waals surface area contributed by atoms with Crippen molar-refractivity contribution in [3.63, 3.8) is 0 Å². The Hall–Kier alpha value is 1.03. The molecule has 0 rings (SSSR count). The molecule has 0 spiro atoms. The van der Waals surface area contributed by atoms with Gasteiger partial charge in [-0.3, -0.25) is 11.7 Å². The van der Waals surface area contributed by atoms with Gasteiger partial charge in [-0.1, -0.05) is 11.6 Å². The van der Waals surface area contributed by atoms with Crippen LogP contribution in [0.5, 0.6) is 0 Å². The van der Waals surface area contributed by atoms with E-state index in [1.165, 1.54) is 0 Å². The van der Waals surface area contributed by atoms with Crippen molar-refractivity contribution in [2.45, 2.75) is 3.91 Å². The lowest BCUT2D eigenvalue weighted by Gasteiger charge is -2.23. The van der Waals surface area contributed by atoms with Crippen molar-refractivity contribution >= 4 is 52.3 Å². The third-order valence-electron chi connectivity index (χ3n) is 0.957. The highest BCUT2D eigenvalue weighted by molar-refractivity contribution is 9.10. The molecule has 0 aromatic carbocycles. The monoisotopic (exact) mass is 394 g/mol. The summed E-state index contributed by atoms with van der Waals surface area (Å²) in [6, 6.07) is 0. The van der Waals surface area contributed by atoms with Crippen molar-refractivity contribution < 1.29 is 0 Å². The molecule has 0 amide bonds. The zero-order chi connectivity index (χ0) is 13.6. The van der Waals surface area contributed by atoms with E-state index in [-0.39, 0.29) is 31.4 Å². The highest BCUT2D eigenvalue weighted by Gasteiger charge is 2.24. The standard InChI is InChI=1S/C2H8BrClN4.2C2H8N2.2ClH/c3-2(4,1-5)8(6)7;2*3-1-2-4;;/h1,5-7H2;2*1-4H2;2*1H. The Balaban J connectivity index is -0.0000000489. The Kier molecular flexibility index (Phi) is 40.4. The lowest BCUT2D eigenvalue weighted by molar-refractivity contribution is 0.252. The minimum atomic E-state index is -1.01. The Bertz CT molecular complexity index is 123. The molecular formula is C6H26BrCl3N8. The number of halogens is 4. The summed E-state index contributed by atoms with van der Waals surface area (Å²) in [6.45, 7) is 2.53. The minimum absolute atomic E-state index is 0. The van der Waals surface area contributed by atoms with E-state index in [0.29, 0.717) is 26.2 Å². The van der Waals surface area contributed by atoms with Crippen LogP contribution in [-0.2, 0) is 0 Å². The van der Waals surface area contributed by atoms with Gasteiger partial charge < -0.3 is 28.7 Å². The van der Waals surface area contributed by atoms with Gasteiger partial charge in [0, 0.05) is 32.7 Å². The van der Waals surface area contributed by atoms with Crippen LogP contribution in [0.4, 0.5) is 0 Å². The Morgan fingerprint density at radius 1 is 0.833 bits per heavy atom. The predicted molar refractivity (Wildman–Crippen MR) is 87.5 cm³/mol. The summed E-state index contributed by atoms with van der Waals surface area (Å²) < 4.78 is -1.01. The number of alkyl halides is 2. The highest BCUT2D eigenvalue weighted by atomic mass is 79.9. The van der Waals surface area contributed by atoms with Gasteiger partial charge in [-0.05, 0) is 15.9 Å². The summed E-state index contributed by atoms with van der Waals surface area (Å²) in [5.74, 6) is 10.1. The van der Waals surface area contributed by atoms with Crippen LogP contribution < -0.4 is 40.4 Å². The first-order valence-electron chi connectivity index (χ1n) is 4.51. The van der Waals surface area contributed by atoms with E-state index in [1.54, 1.807) is 0 Å². The Labute approximate surface area is 134 Å². The summed E-state index contributed by atoms with van der Waals surface area (Å²) in [5.41, 5.74) is 24.7. The van der Waals surface area contributed by atoms with E-state index in [1.807, 2.05) is 0 Å². The number of nitrogens with zero attached hydrogens (tertiary/aromatic N) is 1. The molecule has 0 saturated carbocycles. The molecule has 0 bridgehead atoms. The fraction of sp³-hybridized carbons (Fsp3) is 1.00. The van der Waals surface area contributed by atoms with E-state index in [0.717, 1.165) is 5.12 Å². The van der Waals surface area contributed by atoms with E-state index >= 15 is 0 Å². The van der Waals surface area contributed by atoms with Crippen LogP contribution in [0.25, 0.3) is 0 Å². The molecule has 0 fully saturated rings. The average molecular weight is 397 g/mol. The quantitative estimate of drug-likeness (QED) is 0.122. The lowest BCUT2D eigenvalue weighted by atomic mass is 10.7. The third-order valence-corrected chi connectivity index (χ3v) is 2.04. The number of hydrogen-bond acceptors (Lipinski definition) is 8. The van der Waals surface area contributed by atoms with Crippen LogP contribution in [0.15, 0.2) is 0 Å². The van der Waals surface area contributed by atoms with Gasteiger partial charge in [-0.25, -0.2) is 0 Å². The third kappa shape index (κ3) is 30.2. The molecule has 12 heteroatoms. The maximum absolute atomic E-state index is 5.52. The summed E-state index contributed by atoms with van der Waals surface area (Å²) in [4.78, 5) is 0. The van der Waals surface area contributed by atoms with Crippen molar-refractivity contribution in [3.05, 3.63) is 0 Å². The molecule has 0 aromatic rings. The average Bonchev–Trinajstić information content (AvgIpc) is 2.29. The van der Waals surface area contributed by atoms with Gasteiger partial charge in [0.15, 0.2) is 3.91 Å². The molecule has 0 aliphatic carbocycles. The van der Waals surface area contributed by atoms with Crippen LogP contribution >= 0.6 is 52.3 Å². The van der Waals surface area contributed by atoms with Crippen molar-refractivity contribution in [1.29, 1.82) is 0 Å². The van der Waals surface area contributed by atoms with Gasteiger partial charge in [0.25, 0.3) is 0 Å². The second-order valence-corrected chi connectivity index (χ2v) is 4.83. The molecular weight excluding hydrogens is 370 g/mol. The molecule has 0 saturated heterocycles. The van der Waals surface area contributed by atoms with Crippen LogP contribution in [0.1, 0.15) is 0 Å². The second-order valence-electron chi connectivity index (χ2n) is 2.43. The zero-order valence-corrected chi connectivity index (χ0v) is 14.1. The molecule has 0 radical (unpaired) electrons. The van der Waals surface area contributed by atoms with Crippen LogP contribution in [0.2, 0.25) is 0 Å². The van der Waals surface area contributed by atoms with Gasteiger partial charge >= 0.3 is 0 Å². The summed E-state index contributed by atoms with van der Waals surface area (Å²) in [7, 11) is 0. The van der Waals surface area contributed by atoms with Crippen LogP contribution in [-0.4, -0.2) is 41.7 Å². The van der Waals surface area contributed by atoms with E-state index in [2.05, 4.69) is 15.9 Å². The zero-order valence-electron chi connectivity index (χ0n) is 10.1. The van der Waals surface area contributed by atoms with Crippen LogP contribution in [0, 0.1) is 0 Å². The smallest absolute Gasteiger partial charge is 0.189 e. The molecule has 14 N–H and O–H groups in total. The topological polar surface area (TPSA) is 185 Å². The molecule has 1 atom stereocenters. The highest BCUT2D eigenvalue weighted by Crippen LogP contribution is 2.20. The molecule has 0 heterocycles. The van der Waals surface area contributed by atoms with E-state index in [4.69, 9.17) is 52.0 Å². The molecule has 0 aliphatic heterocycles. The SMILES string of the molecule is Cl.Cl.NCC(Cl)(Br)N(N)N.NCCN.NCCN. The number of hydrazine groups is 2. The van der Waals surface area contributed by atoms with Gasteiger partial charge in [-0.15, -0.1) is 24.8 Å². The van der Waals surface area contributed by atoms with Gasteiger partial charge in [-0.2, -0.15) is 5.12 Å². The molecule has 1 unspecified atom stereocenters. The fourth-order valence-corrected chi connectivity index (χ4v) is 0.105. The summed E-state index contributed by atoms with van der Waals surface area (Å²) >= 11 is 8.48. The van der Waals surface area contributed by atoms with Crippen molar-refractivity contribution in [2.75, 3.05) is 32.7 Å². The van der Waals surface area contributed by atoms with Gasteiger partial charge in [0.2, 0.25) is 0 Å². The molecule has 0 aromatic heterocycles. The normalized spacial score (nSPS) is 11.7. The Morgan fingerprint density at radius 2 is 1.06 bits per heavy atom. The first-order valence-corrected chi connectivity index (χ1v) is 5.68. The summed E-state index contributed by atoms with van der Waals surface area (Å²) in [5, 5.41) is 0.800. The van der Waals surface area contributed by atoms with Crippen molar-refractivity contribution in [3.8, 4) is 0 Å². The van der Waals surface area contributed by atoms with E-state index in [9.17, 15) is 0 Å². The van der Waals surface area contributed by atoms with Crippen molar-refractivity contribution in [2.24, 2.45) is 40.4 Å². The molecule has 18 heavy (non-hydrogen) atoms. The maximum Gasteiger partial charge on any atom is 0.189 e. The van der Waals surface area contributed by atoms with Crippen LogP contribution in [0.3, 0.4) is 0 Å². The second kappa shape index (κ2) is 23.1. The van der Waals surface area contributed by atoms with E-state index < -0.39 is 3.91 Å². The lowest BCUT2D eigenvalue weighted by Crippen LogP contribution is -2.53. The first-order chi connectivity index (χ1) is 7.33. The summed E-state index contributed by atoms with van der Waals surface area (Å²) in [6.07, 6.45) is 0. The molecule has 118 valence electrons. The molecule has 8 nitrogen and oxygen atoms in total. The first kappa shape index (κ1) is 31.4. The number of hydrogen-bond donors (Lipinski definition) is 7. The fourth-order valence-electron chi connectivity index (χ4n) is 0.105.